The Labute approximate surface area is 150 Å². The monoisotopic (exact) mass is 420 g/mol. The number of aliphatic imine (C=N–C) groups is 1. The van der Waals surface area contributed by atoms with Gasteiger partial charge in [-0.25, -0.2) is 4.98 Å². The van der Waals surface area contributed by atoms with E-state index >= 15 is 0 Å². The first kappa shape index (κ1) is 18.7. The summed E-state index contributed by atoms with van der Waals surface area (Å²) in [7, 11) is 1.64. The number of aromatic nitrogens is 1. The number of hydrogen-bond donors (Lipinski definition) is 2. The van der Waals surface area contributed by atoms with E-state index in [9.17, 15) is 13.2 Å². The highest BCUT2D eigenvalue weighted by Crippen LogP contribution is 2.29. The maximum absolute atomic E-state index is 12.5. The largest absolute Gasteiger partial charge is 0.434 e. The van der Waals surface area contributed by atoms with Gasteiger partial charge in [0.25, 0.3) is 0 Å². The predicted molar refractivity (Wildman–Crippen MR) is 93.2 cm³/mol. The third-order valence-corrected chi connectivity index (χ3v) is 4.45. The first-order chi connectivity index (χ1) is 11.4. The average molecular weight is 421 g/mol. The lowest BCUT2D eigenvalue weighted by Gasteiger charge is -2.11. The van der Waals surface area contributed by atoms with Gasteiger partial charge in [0.2, 0.25) is 0 Å². The van der Waals surface area contributed by atoms with E-state index in [0.29, 0.717) is 30.5 Å². The topological polar surface area (TPSA) is 49.3 Å². The Hall–Kier alpha value is -1.61. The van der Waals surface area contributed by atoms with Gasteiger partial charge in [0.05, 0.1) is 5.01 Å². The summed E-state index contributed by atoms with van der Waals surface area (Å²) in [6.45, 7) is 1.04. The van der Waals surface area contributed by atoms with E-state index in [1.165, 1.54) is 0 Å². The Bertz CT molecular complexity index is 700. The highest BCUT2D eigenvalue weighted by atomic mass is 79.9. The Morgan fingerprint density at radius 2 is 2.12 bits per heavy atom. The SMILES string of the molecule is CN=C(NCCc1nc(C(F)(F)F)cs1)NCc1cccc(Br)c1. The second-order valence-corrected chi connectivity index (χ2v) is 6.72. The molecule has 4 nitrogen and oxygen atoms in total. The lowest BCUT2D eigenvalue weighted by molar-refractivity contribution is -0.140. The van der Waals surface area contributed by atoms with Crippen LogP contribution in [0.3, 0.4) is 0 Å². The van der Waals surface area contributed by atoms with Crippen LogP contribution in [0.5, 0.6) is 0 Å². The molecule has 0 aliphatic carbocycles. The van der Waals surface area contributed by atoms with Crippen molar-refractivity contribution < 1.29 is 13.2 Å². The van der Waals surface area contributed by atoms with Crippen molar-refractivity contribution >= 4 is 33.2 Å². The van der Waals surface area contributed by atoms with Crippen LogP contribution in [0.1, 0.15) is 16.3 Å². The zero-order valence-electron chi connectivity index (χ0n) is 12.8. The lowest BCUT2D eigenvalue weighted by Crippen LogP contribution is -2.37. The summed E-state index contributed by atoms with van der Waals surface area (Å²) >= 11 is 4.42. The molecule has 1 aromatic heterocycles. The van der Waals surface area contributed by atoms with Crippen LogP contribution < -0.4 is 10.6 Å². The van der Waals surface area contributed by atoms with Crippen molar-refractivity contribution in [2.45, 2.75) is 19.1 Å². The summed E-state index contributed by atoms with van der Waals surface area (Å²) < 4.78 is 38.5. The van der Waals surface area contributed by atoms with Crippen LogP contribution in [0.25, 0.3) is 0 Å². The molecule has 0 atom stereocenters. The molecule has 0 radical (unpaired) electrons. The minimum absolute atomic E-state index is 0.401. The molecule has 9 heteroatoms. The van der Waals surface area contributed by atoms with Gasteiger partial charge >= 0.3 is 6.18 Å². The van der Waals surface area contributed by atoms with Crippen LogP contribution in [0.4, 0.5) is 13.2 Å². The number of thiazole rings is 1. The van der Waals surface area contributed by atoms with Crippen molar-refractivity contribution in [2.24, 2.45) is 4.99 Å². The Balaban J connectivity index is 1.78. The van der Waals surface area contributed by atoms with Crippen LogP contribution in [0.2, 0.25) is 0 Å². The molecular formula is C15H16BrF3N4S. The number of benzene rings is 1. The number of guanidine groups is 1. The van der Waals surface area contributed by atoms with E-state index < -0.39 is 11.9 Å². The number of alkyl halides is 3. The van der Waals surface area contributed by atoms with Gasteiger partial charge in [-0.1, -0.05) is 28.1 Å². The Morgan fingerprint density at radius 1 is 1.33 bits per heavy atom. The predicted octanol–water partition coefficient (Wildman–Crippen LogP) is 3.83. The average Bonchev–Trinajstić information content (AvgIpc) is 3.00. The maximum Gasteiger partial charge on any atom is 0.434 e. The van der Waals surface area contributed by atoms with Crippen molar-refractivity contribution in [2.75, 3.05) is 13.6 Å². The highest BCUT2D eigenvalue weighted by Gasteiger charge is 2.33. The minimum Gasteiger partial charge on any atom is -0.356 e. The first-order valence-corrected chi connectivity index (χ1v) is 8.76. The number of nitrogens with one attached hydrogen (secondary N) is 2. The molecule has 0 aliphatic rings. The van der Waals surface area contributed by atoms with Gasteiger partial charge in [0.15, 0.2) is 11.7 Å². The molecule has 0 amide bonds. The van der Waals surface area contributed by atoms with E-state index in [-0.39, 0.29) is 0 Å². The first-order valence-electron chi connectivity index (χ1n) is 7.09. The molecule has 0 bridgehead atoms. The fraction of sp³-hybridized carbons (Fsp3) is 0.333. The number of hydrogen-bond acceptors (Lipinski definition) is 3. The van der Waals surface area contributed by atoms with E-state index in [1.807, 2.05) is 24.3 Å². The summed E-state index contributed by atoms with van der Waals surface area (Å²) in [5.41, 5.74) is 0.252. The van der Waals surface area contributed by atoms with Gasteiger partial charge in [-0.3, -0.25) is 4.99 Å². The summed E-state index contributed by atoms with van der Waals surface area (Å²) in [5.74, 6) is 0.586. The quantitative estimate of drug-likeness (QED) is 0.570. The van der Waals surface area contributed by atoms with Crippen LogP contribution in [-0.2, 0) is 19.1 Å². The molecule has 1 aromatic carbocycles. The Kier molecular flexibility index (Phi) is 6.61. The number of rotatable bonds is 5. The van der Waals surface area contributed by atoms with Crippen molar-refractivity contribution in [3.05, 3.63) is 50.4 Å². The Morgan fingerprint density at radius 3 is 2.75 bits per heavy atom. The smallest absolute Gasteiger partial charge is 0.356 e. The molecule has 2 aromatic rings. The van der Waals surface area contributed by atoms with Crippen molar-refractivity contribution in [3.63, 3.8) is 0 Å². The fourth-order valence-electron chi connectivity index (χ4n) is 1.90. The molecular weight excluding hydrogens is 405 g/mol. The van der Waals surface area contributed by atoms with Crippen molar-refractivity contribution in [3.8, 4) is 0 Å². The lowest BCUT2D eigenvalue weighted by atomic mass is 10.2. The summed E-state index contributed by atoms with van der Waals surface area (Å²) in [6, 6.07) is 7.87. The van der Waals surface area contributed by atoms with Gasteiger partial charge in [0, 0.05) is 36.4 Å². The second-order valence-electron chi connectivity index (χ2n) is 4.86. The molecule has 1 heterocycles. The second kappa shape index (κ2) is 8.48. The molecule has 0 saturated heterocycles. The van der Waals surface area contributed by atoms with Gasteiger partial charge in [-0.15, -0.1) is 11.3 Å². The molecule has 130 valence electrons. The molecule has 2 rings (SSSR count). The van der Waals surface area contributed by atoms with Gasteiger partial charge < -0.3 is 10.6 Å². The molecule has 0 unspecified atom stereocenters. The molecule has 0 saturated carbocycles. The van der Waals surface area contributed by atoms with Gasteiger partial charge in [-0.2, -0.15) is 13.2 Å². The molecule has 2 N–H and O–H groups in total. The number of halogens is 4. The summed E-state index contributed by atoms with van der Waals surface area (Å²) in [4.78, 5) is 7.68. The maximum atomic E-state index is 12.5. The summed E-state index contributed by atoms with van der Waals surface area (Å²) in [6.07, 6.45) is -3.98. The highest BCUT2D eigenvalue weighted by molar-refractivity contribution is 9.10. The standard InChI is InChI=1S/C15H16BrF3N4S/c1-20-14(22-8-10-3-2-4-11(16)7-10)21-6-5-13-23-12(9-24-13)15(17,18)19/h2-4,7,9H,5-6,8H2,1H3,(H2,20,21,22). The fourth-order valence-corrected chi connectivity index (χ4v) is 3.15. The van der Waals surface area contributed by atoms with E-state index in [1.54, 1.807) is 7.05 Å². The molecule has 24 heavy (non-hydrogen) atoms. The summed E-state index contributed by atoms with van der Waals surface area (Å²) in [5, 5.41) is 7.69. The third kappa shape index (κ3) is 5.79. The zero-order chi connectivity index (χ0) is 17.6. The van der Waals surface area contributed by atoms with E-state index in [2.05, 4.69) is 36.5 Å². The molecule has 0 spiro atoms. The van der Waals surface area contributed by atoms with E-state index in [0.717, 1.165) is 26.8 Å². The van der Waals surface area contributed by atoms with Crippen LogP contribution in [-0.4, -0.2) is 24.5 Å². The van der Waals surface area contributed by atoms with Crippen LogP contribution in [0.15, 0.2) is 39.1 Å². The molecule has 0 fully saturated rings. The van der Waals surface area contributed by atoms with Crippen LogP contribution >= 0.6 is 27.3 Å². The zero-order valence-corrected chi connectivity index (χ0v) is 15.2. The third-order valence-electron chi connectivity index (χ3n) is 3.05. The normalized spacial score (nSPS) is 12.3. The number of nitrogens with zero attached hydrogens (tertiary/aromatic N) is 2. The van der Waals surface area contributed by atoms with Gasteiger partial charge in [0.1, 0.15) is 0 Å². The van der Waals surface area contributed by atoms with Gasteiger partial charge in [-0.05, 0) is 17.7 Å². The van der Waals surface area contributed by atoms with Crippen molar-refractivity contribution in [1.29, 1.82) is 0 Å². The molecule has 0 aliphatic heterocycles. The van der Waals surface area contributed by atoms with E-state index in [4.69, 9.17) is 0 Å². The minimum atomic E-state index is -4.39. The van der Waals surface area contributed by atoms with Crippen LogP contribution in [0, 0.1) is 0 Å². The van der Waals surface area contributed by atoms with Crippen molar-refractivity contribution in [1.82, 2.24) is 15.6 Å².